The summed E-state index contributed by atoms with van der Waals surface area (Å²) in [6, 6.07) is 9.21. The molecule has 8 nitrogen and oxygen atoms in total. The fourth-order valence-electron chi connectivity index (χ4n) is 4.28. The van der Waals surface area contributed by atoms with Gasteiger partial charge in [-0.2, -0.15) is 5.10 Å². The zero-order chi connectivity index (χ0) is 21.4. The van der Waals surface area contributed by atoms with Crippen LogP contribution in [0.5, 0.6) is 0 Å². The number of nitrogens with two attached hydrogens (primary N) is 1. The molecular weight excluding hydrogens is 394 g/mol. The van der Waals surface area contributed by atoms with Crippen LogP contribution in [0.2, 0.25) is 0 Å². The van der Waals surface area contributed by atoms with Crippen molar-refractivity contribution in [3.05, 3.63) is 53.5 Å². The second kappa shape index (κ2) is 8.11. The van der Waals surface area contributed by atoms with Crippen LogP contribution in [0.3, 0.4) is 0 Å². The van der Waals surface area contributed by atoms with Gasteiger partial charge in [-0.3, -0.25) is 19.3 Å². The third-order valence-electron chi connectivity index (χ3n) is 6.08. The molecule has 1 saturated carbocycles. The fourth-order valence-corrected chi connectivity index (χ4v) is 4.28. The molecule has 0 radical (unpaired) electrons. The first-order valence-electron chi connectivity index (χ1n) is 10.7. The van der Waals surface area contributed by atoms with E-state index in [1.54, 1.807) is 6.07 Å². The molecule has 3 aromatic rings. The van der Waals surface area contributed by atoms with E-state index in [1.807, 2.05) is 16.8 Å². The normalized spacial score (nSPS) is 17.0. The van der Waals surface area contributed by atoms with Gasteiger partial charge in [0.1, 0.15) is 11.4 Å². The van der Waals surface area contributed by atoms with Gasteiger partial charge in [-0.05, 0) is 55.2 Å². The van der Waals surface area contributed by atoms with Gasteiger partial charge >= 0.3 is 0 Å². The molecule has 8 heteroatoms. The van der Waals surface area contributed by atoms with Gasteiger partial charge in [-0.1, -0.05) is 18.2 Å². The van der Waals surface area contributed by atoms with E-state index in [-0.39, 0.29) is 11.6 Å². The third kappa shape index (κ3) is 4.03. The monoisotopic (exact) mass is 419 g/mol. The van der Waals surface area contributed by atoms with Crippen LogP contribution in [0, 0.1) is 5.92 Å². The topological polar surface area (TPSA) is 112 Å². The molecule has 2 aliphatic rings. The number of rotatable bonds is 6. The molecule has 3 N–H and O–H groups in total. The minimum atomic E-state index is -0.639. The van der Waals surface area contributed by atoms with Crippen molar-refractivity contribution in [2.24, 2.45) is 11.7 Å². The molecule has 5 rings (SSSR count). The average Bonchev–Trinajstić information content (AvgIpc) is 3.55. The number of aromatic nitrogens is 3. The smallest absolute Gasteiger partial charge is 0.274 e. The second-order valence-corrected chi connectivity index (χ2v) is 8.35. The highest BCUT2D eigenvalue weighted by molar-refractivity contribution is 6.12. The summed E-state index contributed by atoms with van der Waals surface area (Å²) in [6.45, 7) is 2.16. The molecule has 0 bridgehead atoms. The summed E-state index contributed by atoms with van der Waals surface area (Å²) in [5.74, 6) is 0.0510. The second-order valence-electron chi connectivity index (χ2n) is 8.35. The molecule has 160 valence electrons. The highest BCUT2D eigenvalue weighted by atomic mass is 16.5. The molecule has 0 atom stereocenters. The van der Waals surface area contributed by atoms with E-state index in [2.05, 4.69) is 16.4 Å². The minimum Gasteiger partial charge on any atom is -0.381 e. The molecule has 2 aromatic heterocycles. The van der Waals surface area contributed by atoms with Crippen LogP contribution in [0.1, 0.15) is 58.1 Å². The van der Waals surface area contributed by atoms with Crippen molar-refractivity contribution in [1.82, 2.24) is 14.8 Å². The third-order valence-corrected chi connectivity index (χ3v) is 6.08. The molecule has 2 amide bonds. The highest BCUT2D eigenvalue weighted by Gasteiger charge is 2.29. The summed E-state index contributed by atoms with van der Waals surface area (Å²) in [5.41, 5.74) is 8.57. The number of pyridine rings is 1. The van der Waals surface area contributed by atoms with Crippen molar-refractivity contribution >= 4 is 28.4 Å². The van der Waals surface area contributed by atoms with Gasteiger partial charge in [0, 0.05) is 37.0 Å². The number of amides is 2. The average molecular weight is 419 g/mol. The maximum absolute atomic E-state index is 13.4. The van der Waals surface area contributed by atoms with E-state index in [9.17, 15) is 9.59 Å². The van der Waals surface area contributed by atoms with E-state index in [0.717, 1.165) is 37.0 Å². The number of benzene rings is 1. The maximum atomic E-state index is 13.4. The number of ether oxygens (including phenoxy) is 1. The lowest BCUT2D eigenvalue weighted by molar-refractivity contribution is 0.0598. The first kappa shape index (κ1) is 19.7. The molecule has 3 heterocycles. The van der Waals surface area contributed by atoms with Crippen molar-refractivity contribution < 1.29 is 14.3 Å². The van der Waals surface area contributed by atoms with Crippen molar-refractivity contribution in [2.75, 3.05) is 18.5 Å². The van der Waals surface area contributed by atoms with Gasteiger partial charge in [-0.25, -0.2) is 0 Å². The molecule has 0 spiro atoms. The number of carbonyl (C=O) groups is 2. The van der Waals surface area contributed by atoms with Crippen molar-refractivity contribution in [1.29, 1.82) is 0 Å². The lowest BCUT2D eigenvalue weighted by atomic mass is 10.0. The number of nitrogens with zero attached hydrogens (tertiary/aromatic N) is 3. The highest BCUT2D eigenvalue weighted by Crippen LogP contribution is 2.43. The first-order valence-corrected chi connectivity index (χ1v) is 10.7. The number of carbonyl (C=O) groups excluding carboxylic acids is 2. The number of fused-ring (bicyclic) bond motifs is 1. The van der Waals surface area contributed by atoms with Crippen LogP contribution in [0.4, 0.5) is 5.69 Å². The Bertz CT molecular complexity index is 1150. The van der Waals surface area contributed by atoms with Gasteiger partial charge < -0.3 is 15.8 Å². The number of hydrogen-bond acceptors (Lipinski definition) is 5. The zero-order valence-corrected chi connectivity index (χ0v) is 17.2. The van der Waals surface area contributed by atoms with Gasteiger partial charge in [0.15, 0.2) is 0 Å². The summed E-state index contributed by atoms with van der Waals surface area (Å²) in [7, 11) is 0. The van der Waals surface area contributed by atoms with E-state index >= 15 is 0 Å². The first-order chi connectivity index (χ1) is 15.1. The lowest BCUT2D eigenvalue weighted by Crippen LogP contribution is -2.25. The molecular formula is C23H25N5O3. The van der Waals surface area contributed by atoms with E-state index in [4.69, 9.17) is 15.6 Å². The quantitative estimate of drug-likeness (QED) is 0.638. The van der Waals surface area contributed by atoms with Crippen molar-refractivity contribution in [3.63, 3.8) is 0 Å². The maximum Gasteiger partial charge on any atom is 0.274 e. The molecule has 31 heavy (non-hydrogen) atoms. The molecule has 0 unspecified atom stereocenters. The largest absolute Gasteiger partial charge is 0.381 e. The van der Waals surface area contributed by atoms with E-state index in [1.165, 1.54) is 30.7 Å². The molecule has 1 aliphatic carbocycles. The summed E-state index contributed by atoms with van der Waals surface area (Å²) >= 11 is 0. The number of anilines is 1. The van der Waals surface area contributed by atoms with Crippen LogP contribution in [-0.4, -0.2) is 39.8 Å². The van der Waals surface area contributed by atoms with Gasteiger partial charge in [-0.15, -0.1) is 0 Å². The predicted molar refractivity (Wildman–Crippen MR) is 116 cm³/mol. The Morgan fingerprint density at radius 1 is 1.16 bits per heavy atom. The SMILES string of the molecule is NC(=O)c1cc(NC(=O)c2c3cccc(C4CC4)c3nn2CC2CCOCC2)ccn1. The Kier molecular flexibility index (Phi) is 5.15. The lowest BCUT2D eigenvalue weighted by Gasteiger charge is -2.22. The summed E-state index contributed by atoms with van der Waals surface area (Å²) in [4.78, 5) is 28.8. The van der Waals surface area contributed by atoms with Crippen molar-refractivity contribution in [2.45, 2.75) is 38.1 Å². The van der Waals surface area contributed by atoms with Crippen LogP contribution in [-0.2, 0) is 11.3 Å². The van der Waals surface area contributed by atoms with Crippen LogP contribution in [0.15, 0.2) is 36.5 Å². The van der Waals surface area contributed by atoms with Gasteiger partial charge in [0.05, 0.1) is 5.52 Å². The number of nitrogens with one attached hydrogen (secondary N) is 1. The predicted octanol–water partition coefficient (Wildman–Crippen LogP) is 3.09. The van der Waals surface area contributed by atoms with Crippen molar-refractivity contribution in [3.8, 4) is 0 Å². The van der Waals surface area contributed by atoms with Gasteiger partial charge in [0.2, 0.25) is 0 Å². The zero-order valence-electron chi connectivity index (χ0n) is 17.2. The Labute approximate surface area is 179 Å². The molecule has 1 aliphatic heterocycles. The van der Waals surface area contributed by atoms with Crippen LogP contribution >= 0.6 is 0 Å². The van der Waals surface area contributed by atoms with E-state index in [0.29, 0.717) is 29.8 Å². The summed E-state index contributed by atoms with van der Waals surface area (Å²) < 4.78 is 7.35. The Morgan fingerprint density at radius 3 is 2.71 bits per heavy atom. The Morgan fingerprint density at radius 2 is 1.97 bits per heavy atom. The Hall–Kier alpha value is -3.26. The molecule has 2 fully saturated rings. The number of primary amides is 1. The molecule has 1 aromatic carbocycles. The fraction of sp³-hybridized carbons (Fsp3) is 0.391. The van der Waals surface area contributed by atoms with Gasteiger partial charge in [0.25, 0.3) is 11.8 Å². The number of hydrogen-bond donors (Lipinski definition) is 2. The molecule has 1 saturated heterocycles. The van der Waals surface area contributed by atoms with E-state index < -0.39 is 5.91 Å². The standard InChI is InChI=1S/C23H25N5O3/c24-22(29)19-12-16(6-9-25-19)26-23(30)21-18-3-1-2-17(15-4-5-15)20(18)27-28(21)13-14-7-10-31-11-8-14/h1-3,6,9,12,14-15H,4-5,7-8,10-11,13H2,(H2,24,29)(H,25,26,30). The van der Waals surface area contributed by atoms with Crippen LogP contribution in [0.25, 0.3) is 10.9 Å². The minimum absolute atomic E-state index is 0.106. The van der Waals surface area contributed by atoms with Crippen LogP contribution < -0.4 is 11.1 Å². The Balaban J connectivity index is 1.52. The summed E-state index contributed by atoms with van der Waals surface area (Å²) in [6.07, 6.45) is 5.71. The summed E-state index contributed by atoms with van der Waals surface area (Å²) in [5, 5.41) is 8.67.